The maximum atomic E-state index is 11.1. The standard InChI is InChI=1S/C14H14N2O3/c1-9(17)15-13(8-14(18)19)12-7-6-10-4-2-3-5-11(10)16-12/h2-7,13H,8H2,1H3,(H,15,17)(H,18,19). The van der Waals surface area contributed by atoms with Gasteiger partial charge in [0.1, 0.15) is 0 Å². The number of nitrogens with one attached hydrogen (secondary N) is 1. The maximum Gasteiger partial charge on any atom is 0.305 e. The largest absolute Gasteiger partial charge is 0.481 e. The monoisotopic (exact) mass is 258 g/mol. The van der Waals surface area contributed by atoms with Gasteiger partial charge in [-0.1, -0.05) is 24.3 Å². The van der Waals surface area contributed by atoms with Gasteiger partial charge in [0, 0.05) is 12.3 Å². The van der Waals surface area contributed by atoms with Gasteiger partial charge >= 0.3 is 5.97 Å². The highest BCUT2D eigenvalue weighted by Gasteiger charge is 2.18. The van der Waals surface area contributed by atoms with Crippen LogP contribution in [-0.4, -0.2) is 22.0 Å². The van der Waals surface area contributed by atoms with Crippen molar-refractivity contribution in [3.05, 3.63) is 42.1 Å². The van der Waals surface area contributed by atoms with Crippen LogP contribution in [0, 0.1) is 0 Å². The molecule has 1 unspecified atom stereocenters. The van der Waals surface area contributed by atoms with Gasteiger partial charge in [-0.05, 0) is 12.1 Å². The van der Waals surface area contributed by atoms with Gasteiger partial charge in [0.15, 0.2) is 0 Å². The second kappa shape index (κ2) is 5.48. The molecule has 0 aliphatic carbocycles. The first-order valence-corrected chi connectivity index (χ1v) is 5.91. The summed E-state index contributed by atoms with van der Waals surface area (Å²) in [5.41, 5.74) is 1.33. The zero-order valence-electron chi connectivity index (χ0n) is 10.5. The first-order valence-electron chi connectivity index (χ1n) is 5.91. The van der Waals surface area contributed by atoms with Crippen molar-refractivity contribution in [1.29, 1.82) is 0 Å². The number of amides is 1. The molecule has 0 spiro atoms. The van der Waals surface area contributed by atoms with Crippen molar-refractivity contribution in [3.8, 4) is 0 Å². The number of carbonyl (C=O) groups is 2. The van der Waals surface area contributed by atoms with Crippen molar-refractivity contribution in [1.82, 2.24) is 10.3 Å². The van der Waals surface area contributed by atoms with Crippen LogP contribution in [0.1, 0.15) is 25.1 Å². The Morgan fingerprint density at radius 2 is 2.00 bits per heavy atom. The molecule has 2 aromatic rings. The van der Waals surface area contributed by atoms with Gasteiger partial charge in [-0.25, -0.2) is 0 Å². The van der Waals surface area contributed by atoms with Crippen molar-refractivity contribution < 1.29 is 14.7 Å². The lowest BCUT2D eigenvalue weighted by Crippen LogP contribution is -2.28. The van der Waals surface area contributed by atoms with Gasteiger partial charge in [-0.3, -0.25) is 14.6 Å². The first-order chi connectivity index (χ1) is 9.06. The predicted molar refractivity (Wildman–Crippen MR) is 70.6 cm³/mol. The fraction of sp³-hybridized carbons (Fsp3) is 0.214. The lowest BCUT2D eigenvalue weighted by molar-refractivity contribution is -0.137. The van der Waals surface area contributed by atoms with E-state index in [1.807, 2.05) is 30.3 Å². The first kappa shape index (κ1) is 13.0. The van der Waals surface area contributed by atoms with Crippen molar-refractivity contribution in [2.45, 2.75) is 19.4 Å². The molecule has 5 nitrogen and oxygen atoms in total. The highest BCUT2D eigenvalue weighted by atomic mass is 16.4. The molecular formula is C14H14N2O3. The van der Waals surface area contributed by atoms with Crippen LogP contribution in [0.5, 0.6) is 0 Å². The third-order valence-corrected chi connectivity index (χ3v) is 2.73. The number of aliphatic carboxylic acids is 1. The van der Waals surface area contributed by atoms with Gasteiger partial charge < -0.3 is 10.4 Å². The van der Waals surface area contributed by atoms with E-state index < -0.39 is 12.0 Å². The average Bonchev–Trinajstić information content (AvgIpc) is 2.36. The van der Waals surface area contributed by atoms with Gasteiger partial charge in [-0.15, -0.1) is 0 Å². The molecule has 1 atom stereocenters. The number of aromatic nitrogens is 1. The second-order valence-corrected chi connectivity index (χ2v) is 4.28. The molecule has 0 fully saturated rings. The number of carboxylic acid groups (broad SMARTS) is 1. The van der Waals surface area contributed by atoms with Crippen LogP contribution >= 0.6 is 0 Å². The Bertz CT molecular complexity index is 609. The van der Waals surface area contributed by atoms with Crippen LogP contribution in [0.3, 0.4) is 0 Å². The van der Waals surface area contributed by atoms with Crippen LogP contribution in [0.2, 0.25) is 0 Å². The summed E-state index contributed by atoms with van der Waals surface area (Å²) < 4.78 is 0. The summed E-state index contributed by atoms with van der Waals surface area (Å²) in [4.78, 5) is 26.4. The minimum Gasteiger partial charge on any atom is -0.481 e. The summed E-state index contributed by atoms with van der Waals surface area (Å²) in [6.07, 6.45) is -0.190. The van der Waals surface area contributed by atoms with E-state index in [9.17, 15) is 9.59 Å². The lowest BCUT2D eigenvalue weighted by atomic mass is 10.1. The molecule has 0 aliphatic rings. The number of hydrogen-bond donors (Lipinski definition) is 2. The number of benzene rings is 1. The molecule has 1 amide bonds. The molecule has 2 N–H and O–H groups in total. The van der Waals surface area contributed by atoms with Crippen molar-refractivity contribution in [3.63, 3.8) is 0 Å². The lowest BCUT2D eigenvalue weighted by Gasteiger charge is -2.15. The van der Waals surface area contributed by atoms with Crippen molar-refractivity contribution in [2.75, 3.05) is 0 Å². The van der Waals surface area contributed by atoms with Crippen LogP contribution in [0.4, 0.5) is 0 Å². The van der Waals surface area contributed by atoms with Crippen LogP contribution in [0.15, 0.2) is 36.4 Å². The molecule has 1 heterocycles. The average molecular weight is 258 g/mol. The molecule has 98 valence electrons. The fourth-order valence-corrected chi connectivity index (χ4v) is 1.93. The molecular weight excluding hydrogens is 244 g/mol. The topological polar surface area (TPSA) is 79.3 Å². The van der Waals surface area contributed by atoms with Crippen LogP contribution < -0.4 is 5.32 Å². The highest BCUT2D eigenvalue weighted by Crippen LogP contribution is 2.19. The molecule has 19 heavy (non-hydrogen) atoms. The van der Waals surface area contributed by atoms with Crippen molar-refractivity contribution >= 4 is 22.8 Å². The summed E-state index contributed by atoms with van der Waals surface area (Å²) in [6.45, 7) is 1.36. The molecule has 0 aliphatic heterocycles. The Balaban J connectivity index is 2.37. The SMILES string of the molecule is CC(=O)NC(CC(=O)O)c1ccc2ccccc2n1. The van der Waals surface area contributed by atoms with Crippen LogP contribution in [0.25, 0.3) is 10.9 Å². The van der Waals surface area contributed by atoms with E-state index in [0.717, 1.165) is 10.9 Å². The van der Waals surface area contributed by atoms with E-state index in [1.165, 1.54) is 6.92 Å². The third kappa shape index (κ3) is 3.28. The van der Waals surface area contributed by atoms with Crippen LogP contribution in [-0.2, 0) is 9.59 Å². The molecule has 2 rings (SSSR count). The summed E-state index contributed by atoms with van der Waals surface area (Å²) in [5.74, 6) is -1.25. The minimum atomic E-state index is -0.978. The number of nitrogens with zero attached hydrogens (tertiary/aromatic N) is 1. The summed E-state index contributed by atoms with van der Waals surface area (Å²) in [5, 5.41) is 12.5. The van der Waals surface area contributed by atoms with Gasteiger partial charge in [0.25, 0.3) is 0 Å². The molecule has 5 heteroatoms. The Labute approximate surface area is 110 Å². The number of para-hydroxylation sites is 1. The van der Waals surface area contributed by atoms with Crippen molar-refractivity contribution in [2.24, 2.45) is 0 Å². The van der Waals surface area contributed by atoms with E-state index in [0.29, 0.717) is 5.69 Å². The quantitative estimate of drug-likeness (QED) is 0.877. The van der Waals surface area contributed by atoms with Gasteiger partial charge in [0.05, 0.1) is 23.7 Å². The second-order valence-electron chi connectivity index (χ2n) is 4.28. The van der Waals surface area contributed by atoms with E-state index in [1.54, 1.807) is 6.07 Å². The molecule has 0 saturated carbocycles. The Hall–Kier alpha value is -2.43. The third-order valence-electron chi connectivity index (χ3n) is 2.73. The highest BCUT2D eigenvalue weighted by molar-refractivity contribution is 5.79. The Morgan fingerprint density at radius 3 is 2.68 bits per heavy atom. The Kier molecular flexibility index (Phi) is 3.75. The molecule has 0 saturated heterocycles. The van der Waals surface area contributed by atoms with E-state index in [4.69, 9.17) is 5.11 Å². The molecule has 1 aromatic carbocycles. The predicted octanol–water partition coefficient (Wildman–Crippen LogP) is 1.89. The summed E-state index contributed by atoms with van der Waals surface area (Å²) in [7, 11) is 0. The smallest absolute Gasteiger partial charge is 0.305 e. The van der Waals surface area contributed by atoms with E-state index >= 15 is 0 Å². The number of rotatable bonds is 4. The number of fused-ring (bicyclic) bond motifs is 1. The Morgan fingerprint density at radius 1 is 1.26 bits per heavy atom. The number of pyridine rings is 1. The molecule has 1 aromatic heterocycles. The van der Waals surface area contributed by atoms with Gasteiger partial charge in [0.2, 0.25) is 5.91 Å². The maximum absolute atomic E-state index is 11.1. The number of hydrogen-bond acceptors (Lipinski definition) is 3. The summed E-state index contributed by atoms with van der Waals surface area (Å²) >= 11 is 0. The van der Waals surface area contributed by atoms with E-state index in [-0.39, 0.29) is 12.3 Å². The molecule has 0 radical (unpaired) electrons. The normalized spacial score (nSPS) is 12.1. The zero-order valence-corrected chi connectivity index (χ0v) is 10.5. The minimum absolute atomic E-state index is 0.190. The zero-order chi connectivity index (χ0) is 13.8. The number of carbonyl (C=O) groups excluding carboxylic acids is 1. The van der Waals surface area contributed by atoms with Gasteiger partial charge in [-0.2, -0.15) is 0 Å². The number of carboxylic acids is 1. The molecule has 0 bridgehead atoms. The summed E-state index contributed by atoms with van der Waals surface area (Å²) in [6, 6.07) is 10.6. The fourth-order valence-electron chi connectivity index (χ4n) is 1.93. The van der Waals surface area contributed by atoms with E-state index in [2.05, 4.69) is 10.3 Å².